The minimum Gasteiger partial charge on any atom is -0.309 e. The van der Waals surface area contributed by atoms with Crippen molar-refractivity contribution in [3.8, 4) is 128 Å². The van der Waals surface area contributed by atoms with Crippen molar-refractivity contribution in [3.63, 3.8) is 0 Å². The fourth-order valence-electron chi connectivity index (χ4n) is 23.6. The third-order valence-corrected chi connectivity index (χ3v) is 30.1. The van der Waals surface area contributed by atoms with Gasteiger partial charge in [-0.2, -0.15) is 0 Å². The molecule has 4 aliphatic carbocycles. The molecule has 27 rings (SSSR count). The Labute approximate surface area is 770 Å². The van der Waals surface area contributed by atoms with Gasteiger partial charge in [0.15, 0.2) is 0 Å². The summed E-state index contributed by atoms with van der Waals surface area (Å²) in [5.74, 6) is 0. The summed E-state index contributed by atoms with van der Waals surface area (Å²) in [4.78, 5) is 5.23. The number of benzene rings is 21. The zero-order valence-corrected chi connectivity index (χ0v) is 72.8. The topological polar surface area (TPSA) is 11.4 Å². The van der Waals surface area contributed by atoms with Gasteiger partial charge in [0.1, 0.15) is 0 Å². The molecule has 2 spiro atoms. The van der Waals surface area contributed by atoms with Crippen molar-refractivity contribution in [2.75, 3.05) is 9.80 Å². The van der Waals surface area contributed by atoms with Crippen LogP contribution in [0.1, 0.15) is 44.5 Å². The van der Waals surface area contributed by atoms with Gasteiger partial charge in [-0.05, 0) is 217 Å². The molecule has 23 aromatic rings. The summed E-state index contributed by atoms with van der Waals surface area (Å²) in [6, 6.07) is 185. The second-order valence-corrected chi connectivity index (χ2v) is 36.4. The second kappa shape index (κ2) is 29.9. The van der Waals surface area contributed by atoms with Gasteiger partial charge in [0.25, 0.3) is 0 Å². The highest BCUT2D eigenvalue weighted by molar-refractivity contribution is 7.26. The Morgan fingerprint density at radius 3 is 1.02 bits per heavy atom. The summed E-state index contributed by atoms with van der Waals surface area (Å²) in [7, 11) is 0. The summed E-state index contributed by atoms with van der Waals surface area (Å²) in [6.07, 6.45) is 0. The van der Waals surface area contributed by atoms with Gasteiger partial charge < -0.3 is 14.4 Å². The highest BCUT2D eigenvalue weighted by atomic mass is 32.1. The lowest BCUT2D eigenvalue weighted by molar-refractivity contribution is 0.794. The van der Waals surface area contributed by atoms with Crippen LogP contribution >= 0.6 is 11.3 Å². The maximum absolute atomic E-state index is 2.63. The molecule has 0 bridgehead atoms. The van der Waals surface area contributed by atoms with Crippen LogP contribution in [0.15, 0.2) is 491 Å². The zero-order valence-electron chi connectivity index (χ0n) is 72.0. The molecule has 2 heterocycles. The Balaban J connectivity index is 0.624. The van der Waals surface area contributed by atoms with Crippen molar-refractivity contribution >= 4 is 87.4 Å². The molecule has 0 saturated heterocycles. The lowest BCUT2D eigenvalue weighted by Gasteiger charge is -2.32. The Hall–Kier alpha value is -16.8. The summed E-state index contributed by atoms with van der Waals surface area (Å²) >= 11 is 1.89. The van der Waals surface area contributed by atoms with Crippen LogP contribution in [0.3, 0.4) is 0 Å². The van der Waals surface area contributed by atoms with E-state index in [9.17, 15) is 0 Å². The average molecular weight is 1690 g/mol. The first kappa shape index (κ1) is 75.4. The van der Waals surface area contributed by atoms with E-state index >= 15 is 0 Å². The van der Waals surface area contributed by atoms with Crippen molar-refractivity contribution in [2.24, 2.45) is 0 Å². The van der Waals surface area contributed by atoms with Crippen molar-refractivity contribution in [1.29, 1.82) is 0 Å². The third-order valence-electron chi connectivity index (χ3n) is 28.9. The minimum absolute atomic E-state index is 0.556. The lowest BCUT2D eigenvalue weighted by Crippen LogP contribution is -2.26. The zero-order chi connectivity index (χ0) is 86.7. The van der Waals surface area contributed by atoms with Gasteiger partial charge in [0, 0.05) is 59.9 Å². The fraction of sp³-hybridized carbons (Fsp3) is 0.0156. The highest BCUT2D eigenvalue weighted by Gasteiger charge is 2.54. The van der Waals surface area contributed by atoms with Crippen LogP contribution in [0.25, 0.3) is 170 Å². The summed E-state index contributed by atoms with van der Waals surface area (Å²) in [6.45, 7) is 0. The molecule has 0 unspecified atom stereocenters. The molecule has 0 saturated carbocycles. The number of thiophene rings is 1. The standard InChI is InChI=1S/C128H81N3S/c1-3-37-82(38-4-1)88-43-7-9-45-90(88)92-47-11-13-49-94(92)100-55-21-30-69-116(100)130(120-72-35-67-114-124(120)105-58-19-28-65-112(105)127(114)108-61-24-15-51-96(108)97-52-16-25-62-109(97)127)87-76-78-119-107(81-87)102-57-23-31-70-117(102)129(119)86-42-33-41-84(79-86)85-75-77-103-104-60-34-74-122(126(104)132-123(103)80-85)131(118-71-32-22-56-101(118)95-50-14-12-48-93(95)91-46-10-8-44-89(91)83-39-5-2-6-40-83)121-73-36-68-115-125(121)106-59-20-29-66-113(106)128(115)110-63-26-17-53-98(110)99-54-18-27-64-111(99)128/h1-81H. The average Bonchev–Trinajstić information content (AvgIpc) is 1.51. The third kappa shape index (κ3) is 11.0. The van der Waals surface area contributed by atoms with Crippen LogP contribution in [-0.2, 0) is 10.8 Å². The van der Waals surface area contributed by atoms with E-state index < -0.39 is 10.8 Å². The molecule has 4 heteroatoms. The molecule has 0 amide bonds. The molecule has 0 aliphatic heterocycles. The van der Waals surface area contributed by atoms with E-state index in [0.717, 1.165) is 89.6 Å². The summed E-state index contributed by atoms with van der Waals surface area (Å²) in [5.41, 5.74) is 45.6. The van der Waals surface area contributed by atoms with Crippen molar-refractivity contribution in [2.45, 2.75) is 10.8 Å². The van der Waals surface area contributed by atoms with E-state index in [1.54, 1.807) is 0 Å². The van der Waals surface area contributed by atoms with E-state index in [1.165, 1.54) is 159 Å². The van der Waals surface area contributed by atoms with Gasteiger partial charge in [0.05, 0.1) is 55.0 Å². The van der Waals surface area contributed by atoms with Crippen molar-refractivity contribution in [3.05, 3.63) is 536 Å². The second-order valence-electron chi connectivity index (χ2n) is 35.4. The van der Waals surface area contributed by atoms with Crippen LogP contribution in [0.5, 0.6) is 0 Å². The van der Waals surface area contributed by atoms with E-state index in [-0.39, 0.29) is 0 Å². The first-order valence-electron chi connectivity index (χ1n) is 45.8. The normalized spacial score (nSPS) is 13.0. The Bertz CT molecular complexity index is 8610. The molecular weight excluding hydrogens is 1610 g/mol. The molecule has 0 N–H and O–H groups in total. The molecule has 4 aliphatic rings. The highest BCUT2D eigenvalue weighted by Crippen LogP contribution is 2.68. The molecule has 614 valence electrons. The number of hydrogen-bond acceptors (Lipinski definition) is 3. The number of fused-ring (bicyclic) bond motifs is 26. The lowest BCUT2D eigenvalue weighted by atomic mass is 9.70. The number of rotatable bonds is 14. The van der Waals surface area contributed by atoms with Gasteiger partial charge in [-0.25, -0.2) is 0 Å². The smallest absolute Gasteiger partial charge is 0.0726 e. The Morgan fingerprint density at radius 2 is 0.515 bits per heavy atom. The van der Waals surface area contributed by atoms with Gasteiger partial charge in [-0.3, -0.25) is 0 Å². The Morgan fingerprint density at radius 1 is 0.182 bits per heavy atom. The van der Waals surface area contributed by atoms with E-state index in [0.29, 0.717) is 0 Å². The van der Waals surface area contributed by atoms with E-state index in [2.05, 4.69) is 506 Å². The molecule has 0 radical (unpaired) electrons. The van der Waals surface area contributed by atoms with Crippen LogP contribution < -0.4 is 9.80 Å². The van der Waals surface area contributed by atoms with E-state index in [4.69, 9.17) is 0 Å². The van der Waals surface area contributed by atoms with E-state index in [1.807, 2.05) is 11.3 Å². The predicted molar refractivity (Wildman–Crippen MR) is 554 cm³/mol. The van der Waals surface area contributed by atoms with Gasteiger partial charge >= 0.3 is 0 Å². The summed E-state index contributed by atoms with van der Waals surface area (Å²) in [5, 5.41) is 4.77. The van der Waals surface area contributed by atoms with Crippen LogP contribution in [-0.4, -0.2) is 4.57 Å². The molecule has 132 heavy (non-hydrogen) atoms. The molecule has 0 atom stereocenters. The molecule has 21 aromatic carbocycles. The summed E-state index contributed by atoms with van der Waals surface area (Å²) < 4.78 is 4.92. The van der Waals surface area contributed by atoms with Crippen molar-refractivity contribution in [1.82, 2.24) is 4.57 Å². The quantitative estimate of drug-likeness (QED) is 0.107. The molecule has 2 aromatic heterocycles. The van der Waals surface area contributed by atoms with Crippen molar-refractivity contribution < 1.29 is 0 Å². The maximum Gasteiger partial charge on any atom is 0.0726 e. The number of hydrogen-bond donors (Lipinski definition) is 0. The SMILES string of the molecule is c1ccc(-c2ccccc2-c2ccccc2-c2ccccc2N(c2ccc3c(c2)c2ccccc2n3-c2cccc(-c3ccc4c(c3)sc3c(N(c5ccccc5-c5ccccc5-c5ccccc5-c5ccccc5)c5cccc6c5-c5ccccc5C65c6ccccc6-c6ccccc65)cccc34)c2)c2cccc3c2-c2ccccc2C32c3ccccc3-c3ccccc32)cc1. The number of anilines is 6. The molecule has 3 nitrogen and oxygen atoms in total. The maximum atomic E-state index is 2.63. The van der Waals surface area contributed by atoms with Crippen LogP contribution in [0.2, 0.25) is 0 Å². The van der Waals surface area contributed by atoms with Crippen LogP contribution in [0, 0.1) is 0 Å². The molecular formula is C128H81N3S. The van der Waals surface area contributed by atoms with Gasteiger partial charge in [-0.15, -0.1) is 11.3 Å². The van der Waals surface area contributed by atoms with Gasteiger partial charge in [-0.1, -0.05) is 419 Å². The van der Waals surface area contributed by atoms with Gasteiger partial charge in [0.2, 0.25) is 0 Å². The monoisotopic (exact) mass is 1690 g/mol. The Kier molecular flexibility index (Phi) is 17.1. The minimum atomic E-state index is -0.560. The van der Waals surface area contributed by atoms with Crippen LogP contribution in [0.4, 0.5) is 34.1 Å². The number of aromatic nitrogens is 1. The first-order chi connectivity index (χ1) is 65.6. The largest absolute Gasteiger partial charge is 0.309 e. The predicted octanol–water partition coefficient (Wildman–Crippen LogP) is 34.4. The first-order valence-corrected chi connectivity index (χ1v) is 46.6. The number of nitrogens with zero attached hydrogens (tertiary/aromatic N) is 3. The number of para-hydroxylation sites is 3. The fourth-order valence-corrected chi connectivity index (χ4v) is 24.9. The molecule has 0 fully saturated rings.